The van der Waals surface area contributed by atoms with Crippen molar-refractivity contribution in [1.82, 2.24) is 15.0 Å². The number of nitrogens with zero attached hydrogens (tertiary/aromatic N) is 3. The van der Waals surface area contributed by atoms with Gasteiger partial charge in [0.2, 0.25) is 0 Å². The molecular formula is C17H24N6. The van der Waals surface area contributed by atoms with Crippen molar-refractivity contribution >= 4 is 23.1 Å². The number of hydrogen-bond acceptors (Lipinski definition) is 6. The molecule has 2 heterocycles. The highest BCUT2D eigenvalue weighted by molar-refractivity contribution is 5.76. The Morgan fingerprint density at radius 1 is 1.00 bits per heavy atom. The van der Waals surface area contributed by atoms with Gasteiger partial charge in [-0.25, -0.2) is 15.0 Å². The summed E-state index contributed by atoms with van der Waals surface area (Å²) < 4.78 is 0. The van der Waals surface area contributed by atoms with Crippen LogP contribution in [0.15, 0.2) is 24.7 Å². The first-order chi connectivity index (χ1) is 11.2. The van der Waals surface area contributed by atoms with Gasteiger partial charge in [0.1, 0.15) is 17.8 Å². The van der Waals surface area contributed by atoms with Crippen LogP contribution >= 0.6 is 0 Å². The van der Waals surface area contributed by atoms with E-state index in [9.17, 15) is 0 Å². The molecule has 0 saturated heterocycles. The molecule has 1 saturated carbocycles. The number of pyridine rings is 1. The summed E-state index contributed by atoms with van der Waals surface area (Å²) in [7, 11) is 0. The summed E-state index contributed by atoms with van der Waals surface area (Å²) in [4.78, 5) is 12.9. The molecule has 1 aliphatic rings. The molecule has 6 nitrogen and oxygen atoms in total. The second-order valence-electron chi connectivity index (χ2n) is 6.16. The van der Waals surface area contributed by atoms with Crippen LogP contribution in [0.3, 0.4) is 0 Å². The Labute approximate surface area is 137 Å². The number of anilines is 4. The molecule has 23 heavy (non-hydrogen) atoms. The van der Waals surface area contributed by atoms with Gasteiger partial charge in [-0.3, -0.25) is 0 Å². The standard InChI is InChI=1S/C17H24N6/c1-12-8-9-14(19-10-12)23-17-15(18)16(20-11-21-17)22-13-6-4-2-3-5-7-13/h8-11,13H,2-7,18H2,1H3,(H2,19,20,21,22,23). The van der Waals surface area contributed by atoms with Crippen molar-refractivity contribution in [2.75, 3.05) is 16.4 Å². The van der Waals surface area contributed by atoms with Gasteiger partial charge in [0.05, 0.1) is 0 Å². The third-order valence-corrected chi connectivity index (χ3v) is 4.24. The highest BCUT2D eigenvalue weighted by Gasteiger charge is 2.15. The molecule has 6 heteroatoms. The fourth-order valence-electron chi connectivity index (χ4n) is 2.89. The zero-order valence-electron chi connectivity index (χ0n) is 13.5. The van der Waals surface area contributed by atoms with E-state index in [2.05, 4.69) is 25.6 Å². The molecule has 0 unspecified atom stereocenters. The molecule has 0 aliphatic heterocycles. The van der Waals surface area contributed by atoms with Crippen molar-refractivity contribution in [3.05, 3.63) is 30.2 Å². The normalized spacial score (nSPS) is 15.9. The van der Waals surface area contributed by atoms with E-state index in [1.54, 1.807) is 0 Å². The average molecular weight is 312 g/mol. The minimum atomic E-state index is 0.444. The van der Waals surface area contributed by atoms with E-state index in [0.29, 0.717) is 23.4 Å². The van der Waals surface area contributed by atoms with Crippen LogP contribution in [0.5, 0.6) is 0 Å². The van der Waals surface area contributed by atoms with Crippen LogP contribution in [0.2, 0.25) is 0 Å². The predicted octanol–water partition coefficient (Wildman–Crippen LogP) is 3.64. The van der Waals surface area contributed by atoms with Gasteiger partial charge < -0.3 is 16.4 Å². The van der Waals surface area contributed by atoms with E-state index in [4.69, 9.17) is 5.73 Å². The maximum atomic E-state index is 6.24. The van der Waals surface area contributed by atoms with Crippen LogP contribution in [0.1, 0.15) is 44.1 Å². The monoisotopic (exact) mass is 312 g/mol. The SMILES string of the molecule is Cc1ccc(Nc2ncnc(NC3CCCCCC3)c2N)nc1. The summed E-state index contributed by atoms with van der Waals surface area (Å²) in [5.74, 6) is 2.02. The van der Waals surface area contributed by atoms with Crippen LogP contribution in [0.25, 0.3) is 0 Å². The first-order valence-electron chi connectivity index (χ1n) is 8.29. The summed E-state index contributed by atoms with van der Waals surface area (Å²) >= 11 is 0. The lowest BCUT2D eigenvalue weighted by molar-refractivity contribution is 0.618. The third kappa shape index (κ3) is 4.09. The van der Waals surface area contributed by atoms with Gasteiger partial charge in [-0.1, -0.05) is 31.7 Å². The summed E-state index contributed by atoms with van der Waals surface area (Å²) in [6.07, 6.45) is 10.9. The topological polar surface area (TPSA) is 88.8 Å². The highest BCUT2D eigenvalue weighted by Crippen LogP contribution is 2.28. The van der Waals surface area contributed by atoms with Crippen LogP contribution in [-0.4, -0.2) is 21.0 Å². The molecule has 3 rings (SSSR count). The second kappa shape index (κ2) is 7.26. The Morgan fingerprint density at radius 3 is 2.43 bits per heavy atom. The number of nitrogen functional groups attached to an aromatic ring is 1. The first kappa shape index (κ1) is 15.5. The number of nitrogens with two attached hydrogens (primary N) is 1. The number of hydrogen-bond donors (Lipinski definition) is 3. The minimum absolute atomic E-state index is 0.444. The van der Waals surface area contributed by atoms with Gasteiger partial charge in [0.25, 0.3) is 0 Å². The maximum Gasteiger partial charge on any atom is 0.160 e. The molecule has 0 amide bonds. The molecule has 4 N–H and O–H groups in total. The van der Waals surface area contributed by atoms with Crippen molar-refractivity contribution in [3.63, 3.8) is 0 Å². The Bertz CT molecular complexity index is 632. The van der Waals surface area contributed by atoms with E-state index < -0.39 is 0 Å². The van der Waals surface area contributed by atoms with Crippen LogP contribution in [0, 0.1) is 6.92 Å². The first-order valence-corrected chi connectivity index (χ1v) is 8.29. The average Bonchev–Trinajstić information content (AvgIpc) is 2.82. The van der Waals surface area contributed by atoms with Crippen molar-refractivity contribution < 1.29 is 0 Å². The molecule has 0 bridgehead atoms. The van der Waals surface area contributed by atoms with Gasteiger partial charge in [-0.05, 0) is 31.4 Å². The van der Waals surface area contributed by atoms with Crippen LogP contribution in [-0.2, 0) is 0 Å². The van der Waals surface area contributed by atoms with Gasteiger partial charge in [-0.15, -0.1) is 0 Å². The molecule has 2 aromatic heterocycles. The number of aryl methyl sites for hydroxylation is 1. The Morgan fingerprint density at radius 2 is 1.74 bits per heavy atom. The fourth-order valence-corrected chi connectivity index (χ4v) is 2.89. The molecule has 1 aliphatic carbocycles. The Hall–Kier alpha value is -2.37. The number of aromatic nitrogens is 3. The van der Waals surface area contributed by atoms with E-state index in [1.165, 1.54) is 44.9 Å². The fraction of sp³-hybridized carbons (Fsp3) is 0.471. The minimum Gasteiger partial charge on any atom is -0.393 e. The largest absolute Gasteiger partial charge is 0.393 e. The van der Waals surface area contributed by atoms with E-state index in [-0.39, 0.29) is 0 Å². The van der Waals surface area contributed by atoms with Crippen molar-refractivity contribution in [3.8, 4) is 0 Å². The number of rotatable bonds is 4. The molecule has 122 valence electrons. The van der Waals surface area contributed by atoms with Crippen molar-refractivity contribution in [1.29, 1.82) is 0 Å². The summed E-state index contributed by atoms with van der Waals surface area (Å²) in [5.41, 5.74) is 7.89. The van der Waals surface area contributed by atoms with Crippen LogP contribution in [0.4, 0.5) is 23.1 Å². The van der Waals surface area contributed by atoms with E-state index in [0.717, 1.165) is 11.4 Å². The van der Waals surface area contributed by atoms with E-state index in [1.807, 2.05) is 25.3 Å². The smallest absolute Gasteiger partial charge is 0.160 e. The third-order valence-electron chi connectivity index (χ3n) is 4.24. The second-order valence-corrected chi connectivity index (χ2v) is 6.16. The van der Waals surface area contributed by atoms with E-state index >= 15 is 0 Å². The zero-order chi connectivity index (χ0) is 16.1. The summed E-state index contributed by atoms with van der Waals surface area (Å²) in [5, 5.41) is 6.65. The maximum absolute atomic E-state index is 6.24. The zero-order valence-corrected chi connectivity index (χ0v) is 13.5. The molecule has 0 atom stereocenters. The molecule has 1 fully saturated rings. The van der Waals surface area contributed by atoms with Crippen LogP contribution < -0.4 is 16.4 Å². The molecular weight excluding hydrogens is 288 g/mol. The van der Waals surface area contributed by atoms with Gasteiger partial charge in [0.15, 0.2) is 11.6 Å². The van der Waals surface area contributed by atoms with Gasteiger partial charge in [-0.2, -0.15) is 0 Å². The lowest BCUT2D eigenvalue weighted by atomic mass is 10.1. The quantitative estimate of drug-likeness (QED) is 0.747. The molecule has 0 aromatic carbocycles. The number of nitrogens with one attached hydrogen (secondary N) is 2. The molecule has 0 spiro atoms. The van der Waals surface area contributed by atoms with Crippen molar-refractivity contribution in [2.45, 2.75) is 51.5 Å². The Kier molecular flexibility index (Phi) is 4.90. The Balaban J connectivity index is 1.73. The summed E-state index contributed by atoms with van der Waals surface area (Å²) in [6, 6.07) is 4.35. The summed E-state index contributed by atoms with van der Waals surface area (Å²) in [6.45, 7) is 2.00. The molecule has 0 radical (unpaired) electrons. The predicted molar refractivity (Wildman–Crippen MR) is 93.8 cm³/mol. The van der Waals surface area contributed by atoms with Gasteiger partial charge in [0, 0.05) is 12.2 Å². The van der Waals surface area contributed by atoms with Crippen molar-refractivity contribution in [2.24, 2.45) is 0 Å². The lowest BCUT2D eigenvalue weighted by Crippen LogP contribution is -2.20. The van der Waals surface area contributed by atoms with Gasteiger partial charge >= 0.3 is 0 Å². The lowest BCUT2D eigenvalue weighted by Gasteiger charge is -2.19. The highest BCUT2D eigenvalue weighted by atomic mass is 15.1. The molecule has 2 aromatic rings.